The topological polar surface area (TPSA) is 75.2 Å². The largest absolute Gasteiger partial charge is 0.343 e. The Labute approximate surface area is 120 Å². The fraction of sp³-hybridized carbons (Fsp3) is 0.636. The highest BCUT2D eigenvalue weighted by Crippen LogP contribution is 2.23. The first-order valence-electron chi connectivity index (χ1n) is 6.14. The van der Waals surface area contributed by atoms with E-state index in [1.807, 2.05) is 11.2 Å². The molecule has 1 fully saturated rings. The number of carbonyl (C=O) groups is 2. The number of amides is 2. The van der Waals surface area contributed by atoms with Gasteiger partial charge in [-0.05, 0) is 19.1 Å². The van der Waals surface area contributed by atoms with E-state index in [-0.39, 0.29) is 24.7 Å². The Balaban J connectivity index is 1.73. The normalized spacial score (nSPS) is 14.7. The minimum atomic E-state index is -0.184. The van der Waals surface area contributed by atoms with Gasteiger partial charge in [0.15, 0.2) is 4.34 Å². The second-order valence-corrected chi connectivity index (χ2v) is 6.24. The van der Waals surface area contributed by atoms with E-state index >= 15 is 0 Å². The third-order valence-electron chi connectivity index (χ3n) is 2.85. The van der Waals surface area contributed by atoms with E-state index in [4.69, 9.17) is 0 Å². The lowest BCUT2D eigenvalue weighted by Gasteiger charge is -2.14. The summed E-state index contributed by atoms with van der Waals surface area (Å²) in [5.74, 6) is -0.119. The van der Waals surface area contributed by atoms with E-state index < -0.39 is 0 Å². The minimum Gasteiger partial charge on any atom is -0.343 e. The van der Waals surface area contributed by atoms with Crippen LogP contribution in [-0.4, -0.2) is 46.3 Å². The van der Waals surface area contributed by atoms with Crippen molar-refractivity contribution in [3.8, 4) is 0 Å². The molecule has 2 amide bonds. The van der Waals surface area contributed by atoms with Crippen molar-refractivity contribution in [2.75, 3.05) is 24.7 Å². The molecular formula is C11H16N4O2S2. The van der Waals surface area contributed by atoms with Crippen molar-refractivity contribution in [2.45, 2.75) is 30.0 Å². The van der Waals surface area contributed by atoms with Crippen LogP contribution in [0.15, 0.2) is 4.34 Å². The molecule has 0 spiro atoms. The first-order chi connectivity index (χ1) is 9.19. The van der Waals surface area contributed by atoms with Gasteiger partial charge in [0.1, 0.15) is 0 Å². The van der Waals surface area contributed by atoms with Crippen molar-refractivity contribution in [1.29, 1.82) is 0 Å². The third kappa shape index (κ3) is 4.17. The van der Waals surface area contributed by atoms with Crippen molar-refractivity contribution in [2.24, 2.45) is 0 Å². The van der Waals surface area contributed by atoms with E-state index in [1.54, 1.807) is 0 Å². The van der Waals surface area contributed by atoms with Crippen LogP contribution in [0.5, 0.6) is 0 Å². The Kier molecular flexibility index (Phi) is 5.15. The molecule has 8 heteroatoms. The molecule has 1 aliphatic rings. The van der Waals surface area contributed by atoms with Crippen LogP contribution in [0.2, 0.25) is 0 Å². The molecule has 6 nitrogen and oxygen atoms in total. The van der Waals surface area contributed by atoms with E-state index in [0.717, 1.165) is 30.3 Å². The molecule has 1 saturated heterocycles. The van der Waals surface area contributed by atoms with Crippen LogP contribution in [-0.2, 0) is 9.59 Å². The third-order valence-corrected chi connectivity index (χ3v) is 4.67. The number of nitrogens with one attached hydrogen (secondary N) is 1. The number of aromatic nitrogens is 2. The van der Waals surface area contributed by atoms with Crippen LogP contribution in [0, 0.1) is 0 Å². The van der Waals surface area contributed by atoms with Crippen molar-refractivity contribution >= 4 is 40.0 Å². The molecule has 0 unspecified atom stereocenters. The monoisotopic (exact) mass is 300 g/mol. The maximum Gasteiger partial charge on any atom is 0.226 e. The Morgan fingerprint density at radius 3 is 2.68 bits per heavy atom. The van der Waals surface area contributed by atoms with Gasteiger partial charge in [-0.3, -0.25) is 9.59 Å². The number of thioether (sulfide) groups is 1. The van der Waals surface area contributed by atoms with Gasteiger partial charge < -0.3 is 10.2 Å². The van der Waals surface area contributed by atoms with E-state index in [9.17, 15) is 9.59 Å². The van der Waals surface area contributed by atoms with Crippen molar-refractivity contribution < 1.29 is 9.59 Å². The van der Waals surface area contributed by atoms with Gasteiger partial charge in [-0.25, -0.2) is 0 Å². The standard InChI is InChI=1S/C11H16N4O2S2/c1-18-11-14-13-10(19-11)12-8(16)4-5-9(17)15-6-2-3-7-15/h2-7H2,1H3,(H,12,13,16). The van der Waals surface area contributed by atoms with E-state index in [0.29, 0.717) is 5.13 Å². The average Bonchev–Trinajstić information content (AvgIpc) is 3.06. The van der Waals surface area contributed by atoms with Gasteiger partial charge in [0.25, 0.3) is 0 Å². The summed E-state index contributed by atoms with van der Waals surface area (Å²) >= 11 is 2.82. The predicted molar refractivity (Wildman–Crippen MR) is 75.4 cm³/mol. The van der Waals surface area contributed by atoms with Crippen LogP contribution < -0.4 is 5.32 Å². The Morgan fingerprint density at radius 1 is 1.32 bits per heavy atom. The zero-order valence-corrected chi connectivity index (χ0v) is 12.4. The molecule has 0 atom stereocenters. The van der Waals surface area contributed by atoms with Gasteiger partial charge in [0, 0.05) is 25.9 Å². The summed E-state index contributed by atoms with van der Waals surface area (Å²) in [4.78, 5) is 25.3. The van der Waals surface area contributed by atoms with Crippen LogP contribution in [0.3, 0.4) is 0 Å². The molecular weight excluding hydrogens is 284 g/mol. The molecule has 1 aromatic rings. The molecule has 19 heavy (non-hydrogen) atoms. The van der Waals surface area contributed by atoms with Gasteiger partial charge in [-0.2, -0.15) is 0 Å². The maximum atomic E-state index is 11.8. The summed E-state index contributed by atoms with van der Waals surface area (Å²) in [6.07, 6.45) is 4.50. The number of nitrogens with zero attached hydrogens (tertiary/aromatic N) is 3. The lowest BCUT2D eigenvalue weighted by molar-refractivity contribution is -0.131. The molecule has 0 bridgehead atoms. The molecule has 0 radical (unpaired) electrons. The van der Waals surface area contributed by atoms with Crippen molar-refractivity contribution in [3.63, 3.8) is 0 Å². The fourth-order valence-corrected chi connectivity index (χ4v) is 3.06. The van der Waals surface area contributed by atoms with Gasteiger partial charge >= 0.3 is 0 Å². The number of anilines is 1. The first kappa shape index (κ1) is 14.3. The average molecular weight is 300 g/mol. The van der Waals surface area contributed by atoms with Gasteiger partial charge in [-0.15, -0.1) is 10.2 Å². The number of hydrogen-bond donors (Lipinski definition) is 1. The Hall–Kier alpha value is -1.15. The predicted octanol–water partition coefficient (Wildman–Crippen LogP) is 1.60. The highest BCUT2D eigenvalue weighted by Gasteiger charge is 2.18. The molecule has 1 aliphatic heterocycles. The maximum absolute atomic E-state index is 11.8. The van der Waals surface area contributed by atoms with E-state index in [1.165, 1.54) is 23.1 Å². The van der Waals surface area contributed by atoms with Crippen LogP contribution in [0.1, 0.15) is 25.7 Å². The minimum absolute atomic E-state index is 0.0646. The number of rotatable bonds is 5. The molecule has 1 aromatic heterocycles. The second kappa shape index (κ2) is 6.85. The van der Waals surface area contributed by atoms with Gasteiger partial charge in [0.2, 0.25) is 16.9 Å². The molecule has 2 heterocycles. The summed E-state index contributed by atoms with van der Waals surface area (Å²) in [5.41, 5.74) is 0. The number of carbonyl (C=O) groups excluding carboxylic acids is 2. The lowest BCUT2D eigenvalue weighted by atomic mass is 10.2. The molecule has 104 valence electrons. The van der Waals surface area contributed by atoms with E-state index in [2.05, 4.69) is 15.5 Å². The van der Waals surface area contributed by atoms with Crippen LogP contribution in [0.25, 0.3) is 0 Å². The highest BCUT2D eigenvalue weighted by atomic mass is 32.2. The van der Waals surface area contributed by atoms with Crippen LogP contribution in [0.4, 0.5) is 5.13 Å². The SMILES string of the molecule is CSc1nnc(NC(=O)CCC(=O)N2CCCC2)s1. The molecule has 0 aliphatic carbocycles. The molecule has 0 saturated carbocycles. The quantitative estimate of drug-likeness (QED) is 0.660. The zero-order valence-electron chi connectivity index (χ0n) is 10.7. The Bertz CT molecular complexity index is 457. The van der Waals surface area contributed by atoms with Gasteiger partial charge in [-0.1, -0.05) is 23.1 Å². The molecule has 1 N–H and O–H groups in total. The summed E-state index contributed by atoms with van der Waals surface area (Å²) < 4.78 is 0.809. The summed E-state index contributed by atoms with van der Waals surface area (Å²) in [7, 11) is 0. The zero-order chi connectivity index (χ0) is 13.7. The van der Waals surface area contributed by atoms with Gasteiger partial charge in [0.05, 0.1) is 0 Å². The lowest BCUT2D eigenvalue weighted by Crippen LogP contribution is -2.28. The second-order valence-electron chi connectivity index (χ2n) is 4.21. The summed E-state index contributed by atoms with van der Waals surface area (Å²) in [6, 6.07) is 0. The Morgan fingerprint density at radius 2 is 2.05 bits per heavy atom. The van der Waals surface area contributed by atoms with Crippen molar-refractivity contribution in [1.82, 2.24) is 15.1 Å². The summed E-state index contributed by atoms with van der Waals surface area (Å²) in [5, 5.41) is 10.9. The number of hydrogen-bond acceptors (Lipinski definition) is 6. The highest BCUT2D eigenvalue weighted by molar-refractivity contribution is 8.00. The van der Waals surface area contributed by atoms with Crippen LogP contribution >= 0.6 is 23.1 Å². The first-order valence-corrected chi connectivity index (χ1v) is 8.18. The molecule has 2 rings (SSSR count). The fourth-order valence-electron chi connectivity index (χ4n) is 1.87. The van der Waals surface area contributed by atoms with Crippen molar-refractivity contribution in [3.05, 3.63) is 0 Å². The number of likely N-dealkylation sites (tertiary alicyclic amines) is 1. The molecule has 0 aromatic carbocycles. The summed E-state index contributed by atoms with van der Waals surface area (Å²) in [6.45, 7) is 1.65. The smallest absolute Gasteiger partial charge is 0.226 e.